The van der Waals surface area contributed by atoms with Crippen molar-refractivity contribution in [1.29, 1.82) is 0 Å². The van der Waals surface area contributed by atoms with E-state index in [2.05, 4.69) is 4.98 Å². The van der Waals surface area contributed by atoms with Gasteiger partial charge >= 0.3 is 5.97 Å². The van der Waals surface area contributed by atoms with Gasteiger partial charge in [0, 0.05) is 29.2 Å². The molecular weight excluding hydrogens is 380 g/mol. The highest BCUT2D eigenvalue weighted by Gasteiger charge is 2.33. The number of nitrogens with zero attached hydrogens (tertiary/aromatic N) is 1. The molecule has 1 fully saturated rings. The molecule has 6 heteroatoms. The van der Waals surface area contributed by atoms with Gasteiger partial charge in [-0.15, -0.1) is 0 Å². The lowest BCUT2D eigenvalue weighted by Gasteiger charge is -2.22. The fourth-order valence-corrected chi connectivity index (χ4v) is 3.62. The minimum Gasteiger partial charge on any atom is -0.497 e. The largest absolute Gasteiger partial charge is 0.497 e. The van der Waals surface area contributed by atoms with Gasteiger partial charge in [-0.2, -0.15) is 0 Å². The SMILES string of the molecule is COc1ccc(CN(C(=O)COC(=O)c2ccc3[nH]c(C)c(C)c3c2)C2CC2)cc1. The molecule has 0 unspecified atom stereocenters. The van der Waals surface area contributed by atoms with Gasteiger partial charge < -0.3 is 19.4 Å². The molecule has 0 atom stereocenters. The van der Waals surface area contributed by atoms with E-state index in [9.17, 15) is 9.59 Å². The molecule has 6 nitrogen and oxygen atoms in total. The van der Waals surface area contributed by atoms with Crippen molar-refractivity contribution in [3.63, 3.8) is 0 Å². The Bertz CT molecular complexity index is 1080. The Labute approximate surface area is 175 Å². The molecule has 1 heterocycles. The lowest BCUT2D eigenvalue weighted by atomic mass is 10.1. The molecule has 1 N–H and O–H groups in total. The second-order valence-electron chi connectivity index (χ2n) is 7.81. The van der Waals surface area contributed by atoms with Crippen LogP contribution in [0.25, 0.3) is 10.9 Å². The molecule has 4 rings (SSSR count). The molecule has 1 saturated carbocycles. The average Bonchev–Trinajstić information content (AvgIpc) is 3.56. The smallest absolute Gasteiger partial charge is 0.338 e. The van der Waals surface area contributed by atoms with E-state index < -0.39 is 5.97 Å². The maximum atomic E-state index is 12.8. The highest BCUT2D eigenvalue weighted by atomic mass is 16.5. The molecule has 0 saturated heterocycles. The first-order valence-corrected chi connectivity index (χ1v) is 10.1. The summed E-state index contributed by atoms with van der Waals surface area (Å²) in [5, 5.41) is 0.993. The highest BCUT2D eigenvalue weighted by Crippen LogP contribution is 2.29. The summed E-state index contributed by atoms with van der Waals surface area (Å²) in [5.41, 5.74) is 4.63. The van der Waals surface area contributed by atoms with Gasteiger partial charge in [0.25, 0.3) is 5.91 Å². The topological polar surface area (TPSA) is 71.6 Å². The van der Waals surface area contributed by atoms with Crippen molar-refractivity contribution in [2.45, 2.75) is 39.3 Å². The number of nitrogens with one attached hydrogen (secondary N) is 1. The number of methoxy groups -OCH3 is 1. The Morgan fingerprint density at radius 2 is 1.83 bits per heavy atom. The summed E-state index contributed by atoms with van der Waals surface area (Å²) in [7, 11) is 1.62. The number of aromatic nitrogens is 1. The van der Waals surface area contributed by atoms with Gasteiger partial charge in [-0.25, -0.2) is 4.79 Å². The van der Waals surface area contributed by atoms with Crippen molar-refractivity contribution in [3.8, 4) is 5.75 Å². The van der Waals surface area contributed by atoms with Gasteiger partial charge in [0.2, 0.25) is 0 Å². The molecule has 1 aromatic heterocycles. The van der Waals surface area contributed by atoms with E-state index in [1.54, 1.807) is 18.1 Å². The zero-order valence-corrected chi connectivity index (χ0v) is 17.5. The predicted molar refractivity (Wildman–Crippen MR) is 115 cm³/mol. The maximum absolute atomic E-state index is 12.8. The van der Waals surface area contributed by atoms with Crippen molar-refractivity contribution in [3.05, 3.63) is 64.8 Å². The Morgan fingerprint density at radius 1 is 1.10 bits per heavy atom. The average molecular weight is 406 g/mol. The van der Waals surface area contributed by atoms with E-state index in [4.69, 9.17) is 9.47 Å². The first-order valence-electron chi connectivity index (χ1n) is 10.1. The first-order chi connectivity index (χ1) is 14.5. The van der Waals surface area contributed by atoms with Crippen LogP contribution in [0.4, 0.5) is 0 Å². The van der Waals surface area contributed by atoms with Crippen LogP contribution in [-0.2, 0) is 16.1 Å². The molecule has 0 bridgehead atoms. The molecule has 1 amide bonds. The Balaban J connectivity index is 1.40. The zero-order valence-electron chi connectivity index (χ0n) is 17.5. The molecule has 0 radical (unpaired) electrons. The van der Waals surface area contributed by atoms with Crippen LogP contribution < -0.4 is 4.74 Å². The van der Waals surface area contributed by atoms with E-state index in [0.717, 1.165) is 46.3 Å². The minimum absolute atomic E-state index is 0.170. The van der Waals surface area contributed by atoms with Crippen LogP contribution in [0.3, 0.4) is 0 Å². The van der Waals surface area contributed by atoms with Crippen molar-refractivity contribution in [1.82, 2.24) is 9.88 Å². The molecule has 2 aromatic carbocycles. The normalized spacial score (nSPS) is 13.3. The number of amides is 1. The molecular formula is C24H26N2O4. The predicted octanol–water partition coefficient (Wildman–Crippen LogP) is 4.14. The van der Waals surface area contributed by atoms with Crippen molar-refractivity contribution in [2.75, 3.05) is 13.7 Å². The number of hydrogen-bond donors (Lipinski definition) is 1. The van der Waals surface area contributed by atoms with Crippen LogP contribution in [-0.4, -0.2) is 41.5 Å². The second-order valence-corrected chi connectivity index (χ2v) is 7.81. The van der Waals surface area contributed by atoms with E-state index in [1.807, 2.05) is 50.2 Å². The van der Waals surface area contributed by atoms with Gasteiger partial charge in [-0.05, 0) is 68.1 Å². The molecule has 1 aliphatic carbocycles. The quantitative estimate of drug-likeness (QED) is 0.599. The number of H-pyrrole nitrogens is 1. The monoisotopic (exact) mass is 406 g/mol. The number of carbonyl (C=O) groups excluding carboxylic acids is 2. The fraction of sp³-hybridized carbons (Fsp3) is 0.333. The van der Waals surface area contributed by atoms with Crippen LogP contribution in [0.15, 0.2) is 42.5 Å². The summed E-state index contributed by atoms with van der Waals surface area (Å²) < 4.78 is 10.5. The number of esters is 1. The van der Waals surface area contributed by atoms with Crippen molar-refractivity contribution in [2.24, 2.45) is 0 Å². The number of hydrogen-bond acceptors (Lipinski definition) is 4. The summed E-state index contributed by atoms with van der Waals surface area (Å²) in [4.78, 5) is 30.4. The van der Waals surface area contributed by atoms with E-state index >= 15 is 0 Å². The molecule has 156 valence electrons. The third kappa shape index (κ3) is 4.17. The lowest BCUT2D eigenvalue weighted by molar-refractivity contribution is -0.135. The van der Waals surface area contributed by atoms with Crippen LogP contribution in [0, 0.1) is 13.8 Å². The number of aryl methyl sites for hydroxylation is 2. The number of aromatic amines is 1. The third-order valence-electron chi connectivity index (χ3n) is 5.69. The van der Waals surface area contributed by atoms with Gasteiger partial charge in [0.1, 0.15) is 5.75 Å². The fourth-order valence-electron chi connectivity index (χ4n) is 3.62. The molecule has 3 aromatic rings. The Kier molecular flexibility index (Phi) is 5.48. The van der Waals surface area contributed by atoms with Gasteiger partial charge in [-0.1, -0.05) is 12.1 Å². The number of benzene rings is 2. The molecule has 0 aliphatic heterocycles. The van der Waals surface area contributed by atoms with Gasteiger partial charge in [0.15, 0.2) is 6.61 Å². The highest BCUT2D eigenvalue weighted by molar-refractivity contribution is 5.96. The standard InChI is InChI=1S/C24H26N2O4/c1-15-16(2)25-22-11-6-18(12-21(15)22)24(28)30-14-23(27)26(19-7-8-19)13-17-4-9-20(29-3)10-5-17/h4-6,9-12,19,25H,7-8,13-14H2,1-3H3. The number of carbonyl (C=O) groups is 2. The number of rotatable bonds is 7. The second kappa shape index (κ2) is 8.22. The first kappa shape index (κ1) is 20.0. The van der Waals surface area contributed by atoms with Gasteiger partial charge in [-0.3, -0.25) is 4.79 Å². The summed E-state index contributed by atoms with van der Waals surface area (Å²) in [6, 6.07) is 13.3. The molecule has 1 aliphatic rings. The van der Waals surface area contributed by atoms with E-state index in [0.29, 0.717) is 12.1 Å². The summed E-state index contributed by atoms with van der Waals surface area (Å²) in [5.74, 6) is 0.127. The Hall–Kier alpha value is -3.28. The number of fused-ring (bicyclic) bond motifs is 1. The van der Waals surface area contributed by atoms with E-state index in [1.165, 1.54) is 0 Å². The van der Waals surface area contributed by atoms with Crippen molar-refractivity contribution < 1.29 is 19.1 Å². The van der Waals surface area contributed by atoms with Crippen LogP contribution in [0.2, 0.25) is 0 Å². The third-order valence-corrected chi connectivity index (χ3v) is 5.69. The zero-order chi connectivity index (χ0) is 21.3. The van der Waals surface area contributed by atoms with Crippen LogP contribution in [0.5, 0.6) is 5.75 Å². The number of ether oxygens (including phenoxy) is 2. The maximum Gasteiger partial charge on any atom is 0.338 e. The van der Waals surface area contributed by atoms with Crippen LogP contribution in [0.1, 0.15) is 40.0 Å². The molecule has 30 heavy (non-hydrogen) atoms. The summed E-state index contributed by atoms with van der Waals surface area (Å²) in [6.45, 7) is 4.26. The Morgan fingerprint density at radius 3 is 2.50 bits per heavy atom. The van der Waals surface area contributed by atoms with E-state index in [-0.39, 0.29) is 18.6 Å². The van der Waals surface area contributed by atoms with Crippen LogP contribution >= 0.6 is 0 Å². The molecule has 0 spiro atoms. The van der Waals surface area contributed by atoms with Gasteiger partial charge in [0.05, 0.1) is 12.7 Å². The minimum atomic E-state index is -0.483. The lowest BCUT2D eigenvalue weighted by Crippen LogP contribution is -2.36. The summed E-state index contributed by atoms with van der Waals surface area (Å²) >= 11 is 0. The van der Waals surface area contributed by atoms with Crippen molar-refractivity contribution >= 4 is 22.8 Å². The summed E-state index contributed by atoms with van der Waals surface area (Å²) in [6.07, 6.45) is 1.97.